The van der Waals surface area contributed by atoms with Gasteiger partial charge >= 0.3 is 0 Å². The molecule has 0 unspecified atom stereocenters. The molecule has 0 spiro atoms. The van der Waals surface area contributed by atoms with Crippen molar-refractivity contribution in [3.05, 3.63) is 23.9 Å². The molecule has 1 aliphatic rings. The van der Waals surface area contributed by atoms with E-state index in [4.69, 9.17) is 0 Å². The Labute approximate surface area is 112 Å². The first-order chi connectivity index (χ1) is 7.97. The fraction of sp³-hybridized carbons (Fsp3) is 0.533. The Morgan fingerprint density at radius 1 is 1.22 bits per heavy atom. The van der Waals surface area contributed by atoms with Crippen LogP contribution >= 0.6 is 0 Å². The summed E-state index contributed by atoms with van der Waals surface area (Å²) in [7, 11) is 0. The lowest BCUT2D eigenvalue weighted by molar-refractivity contribution is 1.09. The summed E-state index contributed by atoms with van der Waals surface area (Å²) in [4.78, 5) is 4.36. The van der Waals surface area contributed by atoms with Crippen molar-refractivity contribution in [1.82, 2.24) is 0 Å². The zero-order valence-electron chi connectivity index (χ0n) is 11.8. The molecule has 1 rings (SSSR count). The minimum Gasteiger partial charge on any atom is -0.252 e. The fourth-order valence-electron chi connectivity index (χ4n) is 1.30. The van der Waals surface area contributed by atoms with Crippen LogP contribution in [0.1, 0.15) is 55.4 Å². The summed E-state index contributed by atoms with van der Waals surface area (Å²) < 4.78 is 0. The zero-order valence-corrected chi connectivity index (χ0v) is 11.8. The van der Waals surface area contributed by atoms with Crippen molar-refractivity contribution in [2.75, 3.05) is 0 Å². The van der Waals surface area contributed by atoms with Crippen LogP contribution < -0.4 is 0 Å². The van der Waals surface area contributed by atoms with Gasteiger partial charge in [0.1, 0.15) is 0 Å². The lowest BCUT2D eigenvalue weighted by Gasteiger charge is -2.13. The normalized spacial score (nSPS) is 18.3. The molecule has 0 radical (unpaired) electrons. The minimum atomic E-state index is 0. The lowest BCUT2D eigenvalue weighted by atomic mass is 10.0. The van der Waals surface area contributed by atoms with Crippen LogP contribution in [-0.4, -0.2) is 17.1 Å². The van der Waals surface area contributed by atoms with E-state index in [1.165, 1.54) is 6.42 Å². The van der Waals surface area contributed by atoms with Crippen molar-refractivity contribution in [2.45, 2.75) is 55.4 Å². The van der Waals surface area contributed by atoms with Gasteiger partial charge in [-0.3, -0.25) is 4.99 Å². The molecular weight excluding hydrogens is 222 g/mol. The Balaban J connectivity index is 0. The van der Waals surface area contributed by atoms with Gasteiger partial charge in [0.15, 0.2) is 0 Å². The van der Waals surface area contributed by atoms with E-state index in [9.17, 15) is 0 Å². The average Bonchev–Trinajstić information content (AvgIpc) is 2.24. The van der Waals surface area contributed by atoms with E-state index in [1.54, 1.807) is 0 Å². The van der Waals surface area contributed by atoms with Gasteiger partial charge < -0.3 is 0 Å². The zero-order chi connectivity index (χ0) is 13.4. The van der Waals surface area contributed by atoms with E-state index >= 15 is 0 Å². The van der Waals surface area contributed by atoms with Crippen LogP contribution in [-0.2, 0) is 0 Å². The molecule has 3 nitrogen and oxygen atoms in total. The number of rotatable bonds is 1. The molecule has 0 saturated heterocycles. The second kappa shape index (κ2) is 9.51. The molecule has 0 atom stereocenters. The third-order valence-corrected chi connectivity index (χ3v) is 1.93. The maximum absolute atomic E-state index is 4.36. The quantitative estimate of drug-likeness (QED) is 0.639. The van der Waals surface area contributed by atoms with Gasteiger partial charge in [-0.2, -0.15) is 10.2 Å². The van der Waals surface area contributed by atoms with Crippen molar-refractivity contribution in [2.24, 2.45) is 15.2 Å². The SMILES string of the molecule is C.C=C(C)N=C1C(C)=NN=C(C)/C1=C/C.CCC. The van der Waals surface area contributed by atoms with Gasteiger partial charge in [-0.25, -0.2) is 0 Å². The molecule has 1 aliphatic heterocycles. The van der Waals surface area contributed by atoms with Gasteiger partial charge in [-0.15, -0.1) is 0 Å². The number of aliphatic imine (C=N–C) groups is 1. The first kappa shape index (κ1) is 18.8. The smallest absolute Gasteiger partial charge is 0.0951 e. The van der Waals surface area contributed by atoms with Crippen molar-refractivity contribution < 1.29 is 0 Å². The highest BCUT2D eigenvalue weighted by Gasteiger charge is 2.16. The summed E-state index contributed by atoms with van der Waals surface area (Å²) >= 11 is 0. The molecular formula is C15H27N3. The molecule has 3 heteroatoms. The highest BCUT2D eigenvalue weighted by atomic mass is 15.2. The van der Waals surface area contributed by atoms with Crippen molar-refractivity contribution in [1.29, 1.82) is 0 Å². The van der Waals surface area contributed by atoms with E-state index in [1.807, 2.05) is 33.8 Å². The highest BCUT2D eigenvalue weighted by Crippen LogP contribution is 2.11. The summed E-state index contributed by atoms with van der Waals surface area (Å²) in [5, 5.41) is 8.08. The Kier molecular flexibility index (Phi) is 9.96. The largest absolute Gasteiger partial charge is 0.252 e. The summed E-state index contributed by atoms with van der Waals surface area (Å²) in [6, 6.07) is 0. The molecule has 0 amide bonds. The Morgan fingerprint density at radius 3 is 2.06 bits per heavy atom. The van der Waals surface area contributed by atoms with Crippen LogP contribution in [0.4, 0.5) is 0 Å². The van der Waals surface area contributed by atoms with Crippen molar-refractivity contribution in [3.63, 3.8) is 0 Å². The molecule has 102 valence electrons. The van der Waals surface area contributed by atoms with Crippen molar-refractivity contribution >= 4 is 17.1 Å². The molecule has 0 N–H and O–H groups in total. The van der Waals surface area contributed by atoms with E-state index < -0.39 is 0 Å². The third-order valence-electron chi connectivity index (χ3n) is 1.93. The van der Waals surface area contributed by atoms with Gasteiger partial charge in [-0.05, 0) is 27.7 Å². The maximum Gasteiger partial charge on any atom is 0.0951 e. The number of nitrogens with zero attached hydrogens (tertiary/aromatic N) is 3. The molecule has 0 aromatic heterocycles. The topological polar surface area (TPSA) is 37.1 Å². The standard InChI is InChI=1S/C11H15N3.C3H8.CH4/c1-6-10-8(4)13-14-9(5)11(10)12-7(2)3;1-3-2;/h6H,2H2,1,3-5H3;3H2,1-2H3;1H4/b10-6-,12-11?;;. The summed E-state index contributed by atoms with van der Waals surface area (Å²) in [5.74, 6) is 0. The molecule has 0 fully saturated rings. The summed E-state index contributed by atoms with van der Waals surface area (Å²) in [6.07, 6.45) is 3.25. The van der Waals surface area contributed by atoms with Crippen LogP contribution in [0.2, 0.25) is 0 Å². The number of allylic oxidation sites excluding steroid dienone is 3. The van der Waals surface area contributed by atoms with Gasteiger partial charge in [0.25, 0.3) is 0 Å². The monoisotopic (exact) mass is 249 g/mol. The predicted octanol–water partition coefficient (Wildman–Crippen LogP) is 4.81. The van der Waals surface area contributed by atoms with Gasteiger partial charge in [-0.1, -0.05) is 40.3 Å². The van der Waals surface area contributed by atoms with E-state index in [2.05, 4.69) is 35.6 Å². The van der Waals surface area contributed by atoms with Crippen LogP contribution in [0.25, 0.3) is 0 Å². The maximum atomic E-state index is 4.36. The Morgan fingerprint density at radius 2 is 1.67 bits per heavy atom. The van der Waals surface area contributed by atoms with Gasteiger partial charge in [0.2, 0.25) is 0 Å². The number of hydrogen-bond donors (Lipinski definition) is 0. The minimum absolute atomic E-state index is 0. The third kappa shape index (κ3) is 5.71. The first-order valence-corrected chi connectivity index (χ1v) is 5.98. The van der Waals surface area contributed by atoms with E-state index in [0.717, 1.165) is 28.4 Å². The van der Waals surface area contributed by atoms with Crippen LogP contribution in [0.15, 0.2) is 39.1 Å². The highest BCUT2D eigenvalue weighted by molar-refractivity contribution is 6.54. The van der Waals surface area contributed by atoms with Gasteiger partial charge in [0.05, 0.1) is 17.1 Å². The molecule has 0 aromatic carbocycles. The lowest BCUT2D eigenvalue weighted by Crippen LogP contribution is -2.21. The van der Waals surface area contributed by atoms with Crippen LogP contribution in [0.5, 0.6) is 0 Å². The Bertz CT molecular complexity index is 396. The van der Waals surface area contributed by atoms with Crippen LogP contribution in [0.3, 0.4) is 0 Å². The first-order valence-electron chi connectivity index (χ1n) is 5.98. The van der Waals surface area contributed by atoms with Gasteiger partial charge in [0, 0.05) is 11.3 Å². The molecule has 0 aromatic rings. The molecule has 0 aliphatic carbocycles. The van der Waals surface area contributed by atoms with Crippen molar-refractivity contribution in [3.8, 4) is 0 Å². The molecule has 1 heterocycles. The van der Waals surface area contributed by atoms with E-state index in [0.29, 0.717) is 0 Å². The fourth-order valence-corrected chi connectivity index (χ4v) is 1.30. The summed E-state index contributed by atoms with van der Waals surface area (Å²) in [6.45, 7) is 15.7. The van der Waals surface area contributed by atoms with Crippen LogP contribution in [0, 0.1) is 0 Å². The number of hydrogen-bond acceptors (Lipinski definition) is 3. The average molecular weight is 249 g/mol. The Hall–Kier alpha value is -1.51. The second-order valence-electron chi connectivity index (χ2n) is 3.98. The summed E-state index contributed by atoms with van der Waals surface area (Å²) in [5.41, 5.74) is 4.45. The van der Waals surface area contributed by atoms with E-state index in [-0.39, 0.29) is 7.43 Å². The molecule has 0 saturated carbocycles. The molecule has 0 bridgehead atoms. The second-order valence-corrected chi connectivity index (χ2v) is 3.98. The predicted molar refractivity (Wildman–Crippen MR) is 84.9 cm³/mol. The molecule has 18 heavy (non-hydrogen) atoms.